The van der Waals surface area contributed by atoms with Gasteiger partial charge in [0, 0.05) is 7.05 Å². The highest BCUT2D eigenvalue weighted by atomic mass is 32.2. The van der Waals surface area contributed by atoms with Gasteiger partial charge in [-0.25, -0.2) is 12.8 Å². The lowest BCUT2D eigenvalue weighted by Crippen LogP contribution is -2.40. The number of esters is 1. The normalized spacial score (nSPS) is 12.5. The first-order chi connectivity index (χ1) is 9.77. The van der Waals surface area contributed by atoms with Gasteiger partial charge in [0.25, 0.3) is 5.91 Å². The molecule has 1 amide bonds. The largest absolute Gasteiger partial charge is 0.454 e. The van der Waals surface area contributed by atoms with Crippen molar-refractivity contribution in [1.29, 1.82) is 0 Å². The van der Waals surface area contributed by atoms with Crippen LogP contribution in [0.2, 0.25) is 0 Å². The number of ether oxygens (including phenoxy) is 1. The summed E-state index contributed by atoms with van der Waals surface area (Å²) in [7, 11) is -2.84. The molecular formula is C12H15FN2O5S. The number of carbonyl (C=O) groups is 2. The van der Waals surface area contributed by atoms with Crippen molar-refractivity contribution in [2.75, 3.05) is 13.7 Å². The topological polar surface area (TPSA) is 102 Å². The van der Waals surface area contributed by atoms with E-state index in [-0.39, 0.29) is 0 Å². The van der Waals surface area contributed by atoms with Gasteiger partial charge >= 0.3 is 5.97 Å². The van der Waals surface area contributed by atoms with Crippen LogP contribution in [0.1, 0.15) is 6.92 Å². The number of likely N-dealkylation sites (N-methyl/N-ethyl adjacent to an activating group) is 1. The summed E-state index contributed by atoms with van der Waals surface area (Å²) in [6.45, 7) is 0.700. The fraction of sp³-hybridized carbons (Fsp3) is 0.333. The lowest BCUT2D eigenvalue weighted by atomic mass is 10.3. The summed E-state index contributed by atoms with van der Waals surface area (Å²) in [5.74, 6) is -2.41. The van der Waals surface area contributed by atoms with Gasteiger partial charge in [0.15, 0.2) is 6.61 Å². The number of halogens is 1. The molecule has 0 aliphatic rings. The highest BCUT2D eigenvalue weighted by Crippen LogP contribution is 2.13. The van der Waals surface area contributed by atoms with E-state index in [4.69, 9.17) is 0 Å². The molecule has 0 aliphatic heterocycles. The Kier molecular flexibility index (Phi) is 5.79. The third kappa shape index (κ3) is 4.80. The van der Waals surface area contributed by atoms with Gasteiger partial charge in [-0.3, -0.25) is 9.59 Å². The maximum atomic E-state index is 13.4. The standard InChI is InChI=1S/C12H15FN2O5S/c1-8(12(17)20-7-11(16)14-2)15-21(18,19)10-6-4-3-5-9(10)13/h3-6,8,15H,7H2,1-2H3,(H,14,16)/t8-/m0/s1. The Morgan fingerprint density at radius 1 is 1.33 bits per heavy atom. The quantitative estimate of drug-likeness (QED) is 0.706. The smallest absolute Gasteiger partial charge is 0.324 e. The number of hydrogen-bond donors (Lipinski definition) is 2. The molecule has 116 valence electrons. The minimum Gasteiger partial charge on any atom is -0.454 e. The van der Waals surface area contributed by atoms with Gasteiger partial charge in [0.2, 0.25) is 10.0 Å². The van der Waals surface area contributed by atoms with Crippen molar-refractivity contribution < 1.29 is 27.1 Å². The van der Waals surface area contributed by atoms with Crippen molar-refractivity contribution in [3.05, 3.63) is 30.1 Å². The van der Waals surface area contributed by atoms with E-state index in [9.17, 15) is 22.4 Å². The Morgan fingerprint density at radius 2 is 1.95 bits per heavy atom. The number of carbonyl (C=O) groups excluding carboxylic acids is 2. The third-order valence-electron chi connectivity index (χ3n) is 2.44. The van der Waals surface area contributed by atoms with E-state index in [0.29, 0.717) is 0 Å². The highest BCUT2D eigenvalue weighted by Gasteiger charge is 2.25. The molecule has 0 aliphatic carbocycles. The van der Waals surface area contributed by atoms with Crippen molar-refractivity contribution in [2.24, 2.45) is 0 Å². The van der Waals surface area contributed by atoms with Crippen molar-refractivity contribution >= 4 is 21.9 Å². The molecule has 0 radical (unpaired) electrons. The maximum Gasteiger partial charge on any atom is 0.324 e. The van der Waals surface area contributed by atoms with Crippen LogP contribution in [-0.4, -0.2) is 40.0 Å². The summed E-state index contributed by atoms with van der Waals surface area (Å²) in [6, 6.07) is 3.49. The molecule has 9 heteroatoms. The molecule has 0 saturated heterocycles. The fourth-order valence-electron chi connectivity index (χ4n) is 1.34. The monoisotopic (exact) mass is 318 g/mol. The lowest BCUT2D eigenvalue weighted by Gasteiger charge is -2.13. The highest BCUT2D eigenvalue weighted by molar-refractivity contribution is 7.89. The molecule has 21 heavy (non-hydrogen) atoms. The molecule has 7 nitrogen and oxygen atoms in total. The summed E-state index contributed by atoms with van der Waals surface area (Å²) in [5.41, 5.74) is 0. The second-order valence-electron chi connectivity index (χ2n) is 4.05. The second-order valence-corrected chi connectivity index (χ2v) is 5.74. The average Bonchev–Trinajstić information content (AvgIpc) is 2.43. The minimum absolute atomic E-state index is 0.527. The van der Waals surface area contributed by atoms with Crippen LogP contribution in [0.25, 0.3) is 0 Å². The zero-order valence-electron chi connectivity index (χ0n) is 11.4. The molecule has 0 fully saturated rings. The Bertz CT molecular complexity index is 632. The minimum atomic E-state index is -4.21. The molecule has 1 rings (SSSR count). The first kappa shape index (κ1) is 17.1. The zero-order chi connectivity index (χ0) is 16.0. The first-order valence-electron chi connectivity index (χ1n) is 5.92. The van der Waals surface area contributed by atoms with Crippen molar-refractivity contribution in [3.8, 4) is 0 Å². The van der Waals surface area contributed by atoms with E-state index in [1.807, 2.05) is 4.72 Å². The molecule has 0 bridgehead atoms. The molecule has 1 aromatic carbocycles. The Labute approximate surface area is 121 Å². The van der Waals surface area contributed by atoms with Crippen LogP contribution >= 0.6 is 0 Å². The van der Waals surface area contributed by atoms with Gasteiger partial charge in [-0.2, -0.15) is 4.72 Å². The summed E-state index contributed by atoms with van der Waals surface area (Å²) in [4.78, 5) is 21.9. The second kappa shape index (κ2) is 7.14. The number of rotatable bonds is 6. The Balaban J connectivity index is 2.73. The SMILES string of the molecule is CNC(=O)COC(=O)[C@H](C)NS(=O)(=O)c1ccccc1F. The Morgan fingerprint density at radius 3 is 2.52 bits per heavy atom. The average molecular weight is 318 g/mol. The zero-order valence-corrected chi connectivity index (χ0v) is 12.2. The number of nitrogens with one attached hydrogen (secondary N) is 2. The van der Waals surface area contributed by atoms with Crippen LogP contribution < -0.4 is 10.0 Å². The van der Waals surface area contributed by atoms with E-state index in [0.717, 1.165) is 12.1 Å². The van der Waals surface area contributed by atoms with Crippen LogP contribution in [0.15, 0.2) is 29.2 Å². The summed E-state index contributed by atoms with van der Waals surface area (Å²) in [5, 5.41) is 2.24. The summed E-state index contributed by atoms with van der Waals surface area (Å²) >= 11 is 0. The molecule has 0 saturated carbocycles. The summed E-state index contributed by atoms with van der Waals surface area (Å²) in [6.07, 6.45) is 0. The molecular weight excluding hydrogens is 303 g/mol. The molecule has 0 spiro atoms. The van der Waals surface area contributed by atoms with Crippen LogP contribution in [0, 0.1) is 5.82 Å². The van der Waals surface area contributed by atoms with Crippen LogP contribution in [0.4, 0.5) is 4.39 Å². The number of hydrogen-bond acceptors (Lipinski definition) is 5. The number of benzene rings is 1. The molecule has 0 heterocycles. The van der Waals surface area contributed by atoms with Gasteiger partial charge in [0.1, 0.15) is 16.8 Å². The van der Waals surface area contributed by atoms with Gasteiger partial charge < -0.3 is 10.1 Å². The van der Waals surface area contributed by atoms with E-state index < -0.39 is 45.3 Å². The van der Waals surface area contributed by atoms with Gasteiger partial charge in [-0.05, 0) is 19.1 Å². The number of sulfonamides is 1. The predicted molar refractivity (Wildman–Crippen MR) is 71.2 cm³/mol. The lowest BCUT2D eigenvalue weighted by molar-refractivity contribution is -0.149. The van der Waals surface area contributed by atoms with Crippen LogP contribution in [-0.2, 0) is 24.3 Å². The molecule has 1 atom stereocenters. The molecule has 0 unspecified atom stereocenters. The third-order valence-corrected chi connectivity index (χ3v) is 4.01. The van der Waals surface area contributed by atoms with Crippen molar-refractivity contribution in [3.63, 3.8) is 0 Å². The van der Waals surface area contributed by atoms with E-state index >= 15 is 0 Å². The van der Waals surface area contributed by atoms with Gasteiger partial charge in [-0.15, -0.1) is 0 Å². The first-order valence-corrected chi connectivity index (χ1v) is 7.40. The molecule has 2 N–H and O–H groups in total. The Hall–Kier alpha value is -2.00. The van der Waals surface area contributed by atoms with E-state index in [1.165, 1.54) is 26.1 Å². The van der Waals surface area contributed by atoms with Crippen LogP contribution in [0.3, 0.4) is 0 Å². The van der Waals surface area contributed by atoms with Gasteiger partial charge in [0.05, 0.1) is 0 Å². The maximum absolute atomic E-state index is 13.4. The molecule has 1 aromatic rings. The fourth-order valence-corrected chi connectivity index (χ4v) is 2.61. The van der Waals surface area contributed by atoms with Crippen molar-refractivity contribution in [2.45, 2.75) is 17.9 Å². The molecule has 0 aromatic heterocycles. The predicted octanol–water partition coefficient (Wildman–Crippen LogP) is -0.218. The number of amides is 1. The van der Waals surface area contributed by atoms with E-state index in [1.54, 1.807) is 0 Å². The van der Waals surface area contributed by atoms with E-state index in [2.05, 4.69) is 10.1 Å². The van der Waals surface area contributed by atoms with Gasteiger partial charge in [-0.1, -0.05) is 12.1 Å². The van der Waals surface area contributed by atoms with Crippen molar-refractivity contribution in [1.82, 2.24) is 10.0 Å². The van der Waals surface area contributed by atoms with Crippen LogP contribution in [0.5, 0.6) is 0 Å². The summed E-state index contributed by atoms with van der Waals surface area (Å²) < 4.78 is 43.9.